The number of carbonyl (C=O) groups excluding carboxylic acids is 1. The zero-order chi connectivity index (χ0) is 12.1. The lowest BCUT2D eigenvalue weighted by atomic mass is 10.0. The van der Waals surface area contributed by atoms with Gasteiger partial charge in [0.15, 0.2) is 0 Å². The van der Waals surface area contributed by atoms with Crippen LogP contribution in [0.2, 0.25) is 0 Å². The summed E-state index contributed by atoms with van der Waals surface area (Å²) in [6, 6.07) is 6.36. The van der Waals surface area contributed by atoms with Crippen LogP contribution in [-0.2, 0) is 24.1 Å². The second-order valence-corrected chi connectivity index (χ2v) is 4.56. The van der Waals surface area contributed by atoms with Gasteiger partial charge >= 0.3 is 0 Å². The summed E-state index contributed by atoms with van der Waals surface area (Å²) in [6.07, 6.45) is 4.63. The van der Waals surface area contributed by atoms with Gasteiger partial charge < -0.3 is 10.4 Å². The van der Waals surface area contributed by atoms with E-state index in [0.29, 0.717) is 19.4 Å². The summed E-state index contributed by atoms with van der Waals surface area (Å²) in [5, 5.41) is 11.4. The minimum Gasteiger partial charge on any atom is -0.396 e. The second kappa shape index (κ2) is 5.82. The van der Waals surface area contributed by atoms with Crippen molar-refractivity contribution in [1.29, 1.82) is 0 Å². The molecule has 0 atom stereocenters. The molecule has 1 amide bonds. The number of fused-ring (bicyclic) bond motifs is 1. The summed E-state index contributed by atoms with van der Waals surface area (Å²) in [5.74, 6) is 0.0383. The molecule has 92 valence electrons. The number of aliphatic hydroxyl groups excluding tert-OH is 1. The Balaban J connectivity index is 1.88. The van der Waals surface area contributed by atoms with E-state index >= 15 is 0 Å². The molecule has 0 spiro atoms. The van der Waals surface area contributed by atoms with Crippen molar-refractivity contribution >= 4 is 5.91 Å². The van der Waals surface area contributed by atoms with Crippen LogP contribution >= 0.6 is 0 Å². The molecule has 1 aliphatic rings. The van der Waals surface area contributed by atoms with E-state index in [4.69, 9.17) is 5.11 Å². The highest BCUT2D eigenvalue weighted by Gasteiger charge is 2.11. The van der Waals surface area contributed by atoms with Crippen LogP contribution in [-0.4, -0.2) is 24.2 Å². The largest absolute Gasteiger partial charge is 0.396 e. The summed E-state index contributed by atoms with van der Waals surface area (Å²) in [5.41, 5.74) is 3.94. The van der Waals surface area contributed by atoms with Crippen LogP contribution < -0.4 is 5.32 Å². The smallest absolute Gasteiger partial charge is 0.224 e. The van der Waals surface area contributed by atoms with Crippen LogP contribution in [0.4, 0.5) is 0 Å². The van der Waals surface area contributed by atoms with Crippen LogP contribution in [0.25, 0.3) is 0 Å². The van der Waals surface area contributed by atoms with Crippen LogP contribution in [0, 0.1) is 0 Å². The van der Waals surface area contributed by atoms with E-state index in [2.05, 4.69) is 23.5 Å². The molecule has 0 aliphatic heterocycles. The van der Waals surface area contributed by atoms with Crippen LogP contribution in [0.3, 0.4) is 0 Å². The Morgan fingerprint density at radius 1 is 1.29 bits per heavy atom. The van der Waals surface area contributed by atoms with Gasteiger partial charge in [0.05, 0.1) is 6.42 Å². The Hall–Kier alpha value is -1.35. The topological polar surface area (TPSA) is 49.3 Å². The molecule has 3 nitrogen and oxygen atoms in total. The molecule has 0 aromatic heterocycles. The highest BCUT2D eigenvalue weighted by molar-refractivity contribution is 5.78. The fourth-order valence-electron chi connectivity index (χ4n) is 2.29. The third kappa shape index (κ3) is 3.30. The van der Waals surface area contributed by atoms with Crippen molar-refractivity contribution in [3.63, 3.8) is 0 Å². The zero-order valence-corrected chi connectivity index (χ0v) is 10.0. The predicted molar refractivity (Wildman–Crippen MR) is 66.9 cm³/mol. The number of aryl methyl sites for hydroxylation is 2. The number of rotatable bonds is 5. The first kappa shape index (κ1) is 12.1. The molecular weight excluding hydrogens is 214 g/mol. The second-order valence-electron chi connectivity index (χ2n) is 4.56. The first-order chi connectivity index (χ1) is 8.29. The summed E-state index contributed by atoms with van der Waals surface area (Å²) in [6.45, 7) is 0.680. The van der Waals surface area contributed by atoms with Gasteiger partial charge in [0.2, 0.25) is 5.91 Å². The molecule has 1 aromatic carbocycles. The standard InChI is InChI=1S/C14H19NO2/c16-8-2-7-15-14(17)10-11-5-6-12-3-1-4-13(12)9-11/h5-6,9,16H,1-4,7-8,10H2,(H,15,17). The van der Waals surface area contributed by atoms with Gasteiger partial charge in [-0.2, -0.15) is 0 Å². The van der Waals surface area contributed by atoms with Crippen molar-refractivity contribution in [3.8, 4) is 0 Å². The van der Waals surface area contributed by atoms with Crippen molar-refractivity contribution in [2.45, 2.75) is 32.1 Å². The van der Waals surface area contributed by atoms with Gasteiger partial charge in [0.1, 0.15) is 0 Å². The monoisotopic (exact) mass is 233 g/mol. The molecule has 0 bridgehead atoms. The predicted octanol–water partition coefficient (Wildman–Crippen LogP) is 1.22. The summed E-state index contributed by atoms with van der Waals surface area (Å²) >= 11 is 0. The number of benzene rings is 1. The molecule has 0 heterocycles. The third-order valence-electron chi connectivity index (χ3n) is 3.18. The average molecular weight is 233 g/mol. The highest BCUT2D eigenvalue weighted by Crippen LogP contribution is 2.22. The van der Waals surface area contributed by atoms with Gasteiger partial charge in [-0.3, -0.25) is 4.79 Å². The number of aliphatic hydroxyl groups is 1. The van der Waals surface area contributed by atoms with Gasteiger partial charge in [0.25, 0.3) is 0 Å². The SMILES string of the molecule is O=C(Cc1ccc2c(c1)CCC2)NCCCO. The third-order valence-corrected chi connectivity index (χ3v) is 3.18. The van der Waals surface area contributed by atoms with Gasteiger partial charge in [0, 0.05) is 13.2 Å². The minimum atomic E-state index is 0.0383. The van der Waals surface area contributed by atoms with E-state index in [1.807, 2.05) is 0 Å². The van der Waals surface area contributed by atoms with Gasteiger partial charge in [-0.15, -0.1) is 0 Å². The van der Waals surface area contributed by atoms with E-state index in [9.17, 15) is 4.79 Å². The fraction of sp³-hybridized carbons (Fsp3) is 0.500. The number of carbonyl (C=O) groups is 1. The molecule has 0 fully saturated rings. The maximum atomic E-state index is 11.6. The molecule has 3 heteroatoms. The van der Waals surface area contributed by atoms with Crippen LogP contribution in [0.5, 0.6) is 0 Å². The van der Waals surface area contributed by atoms with Crippen molar-refractivity contribution in [2.75, 3.05) is 13.2 Å². The normalized spacial score (nSPS) is 13.5. The van der Waals surface area contributed by atoms with Crippen molar-refractivity contribution < 1.29 is 9.90 Å². The average Bonchev–Trinajstić information content (AvgIpc) is 2.76. The van der Waals surface area contributed by atoms with E-state index in [-0.39, 0.29) is 12.5 Å². The molecule has 2 rings (SSSR count). The molecule has 0 radical (unpaired) electrons. The number of nitrogens with one attached hydrogen (secondary N) is 1. The summed E-state index contributed by atoms with van der Waals surface area (Å²) in [7, 11) is 0. The van der Waals surface area contributed by atoms with Crippen molar-refractivity contribution in [3.05, 3.63) is 34.9 Å². The van der Waals surface area contributed by atoms with E-state index in [0.717, 1.165) is 12.0 Å². The van der Waals surface area contributed by atoms with E-state index in [1.54, 1.807) is 0 Å². The molecule has 1 aliphatic carbocycles. The number of amides is 1. The Labute approximate surface area is 102 Å². The molecule has 0 saturated carbocycles. The zero-order valence-electron chi connectivity index (χ0n) is 10.0. The fourth-order valence-corrected chi connectivity index (χ4v) is 2.29. The number of hydrogen-bond donors (Lipinski definition) is 2. The Morgan fingerprint density at radius 2 is 2.12 bits per heavy atom. The maximum absolute atomic E-state index is 11.6. The van der Waals surface area contributed by atoms with E-state index in [1.165, 1.54) is 24.0 Å². The van der Waals surface area contributed by atoms with Gasteiger partial charge in [-0.05, 0) is 42.4 Å². The molecule has 0 unspecified atom stereocenters. The Kier molecular flexibility index (Phi) is 4.15. The molecule has 2 N–H and O–H groups in total. The quantitative estimate of drug-likeness (QED) is 0.751. The molecule has 17 heavy (non-hydrogen) atoms. The van der Waals surface area contributed by atoms with E-state index < -0.39 is 0 Å². The van der Waals surface area contributed by atoms with Crippen molar-refractivity contribution in [1.82, 2.24) is 5.32 Å². The van der Waals surface area contributed by atoms with Gasteiger partial charge in [-0.25, -0.2) is 0 Å². The molecule has 0 saturated heterocycles. The first-order valence-electron chi connectivity index (χ1n) is 6.28. The summed E-state index contributed by atoms with van der Waals surface area (Å²) in [4.78, 5) is 11.6. The minimum absolute atomic E-state index is 0.0383. The van der Waals surface area contributed by atoms with Gasteiger partial charge in [-0.1, -0.05) is 18.2 Å². The van der Waals surface area contributed by atoms with Crippen LogP contribution in [0.1, 0.15) is 29.5 Å². The Morgan fingerprint density at radius 3 is 2.94 bits per heavy atom. The number of hydrogen-bond acceptors (Lipinski definition) is 2. The highest BCUT2D eigenvalue weighted by atomic mass is 16.3. The van der Waals surface area contributed by atoms with Crippen molar-refractivity contribution in [2.24, 2.45) is 0 Å². The first-order valence-corrected chi connectivity index (χ1v) is 6.28. The lowest BCUT2D eigenvalue weighted by Crippen LogP contribution is -2.26. The Bertz CT molecular complexity index is 401. The van der Waals surface area contributed by atoms with Crippen LogP contribution in [0.15, 0.2) is 18.2 Å². The summed E-state index contributed by atoms with van der Waals surface area (Å²) < 4.78 is 0. The lowest BCUT2D eigenvalue weighted by molar-refractivity contribution is -0.120. The molecular formula is C14H19NO2. The lowest BCUT2D eigenvalue weighted by Gasteiger charge is -2.06. The molecule has 1 aromatic rings. The maximum Gasteiger partial charge on any atom is 0.224 e.